The van der Waals surface area contributed by atoms with Gasteiger partial charge in [0.2, 0.25) is 0 Å². The van der Waals surface area contributed by atoms with E-state index in [0.717, 1.165) is 4.47 Å². The van der Waals surface area contributed by atoms with Gasteiger partial charge < -0.3 is 10.5 Å². The number of hydrogen-bond donors (Lipinski definition) is 1. The van der Waals surface area contributed by atoms with Crippen LogP contribution in [0.1, 0.15) is 15.9 Å². The van der Waals surface area contributed by atoms with Crippen molar-refractivity contribution in [3.05, 3.63) is 62.0 Å². The SMILES string of the molecule is Nc1cc(C(=O)OCc2cc(Cl)ccc2Cl)ccc1Br. The Morgan fingerprint density at radius 1 is 1.20 bits per heavy atom. The second-order valence-corrected chi connectivity index (χ2v) is 5.75. The summed E-state index contributed by atoms with van der Waals surface area (Å²) in [7, 11) is 0. The zero-order valence-electron chi connectivity index (χ0n) is 10.2. The zero-order chi connectivity index (χ0) is 14.7. The molecule has 104 valence electrons. The molecule has 20 heavy (non-hydrogen) atoms. The van der Waals surface area contributed by atoms with E-state index in [1.54, 1.807) is 36.4 Å². The number of anilines is 1. The molecule has 2 aromatic rings. The maximum absolute atomic E-state index is 11.9. The summed E-state index contributed by atoms with van der Waals surface area (Å²) in [5, 5.41) is 1.03. The topological polar surface area (TPSA) is 52.3 Å². The summed E-state index contributed by atoms with van der Waals surface area (Å²) in [6, 6.07) is 9.86. The van der Waals surface area contributed by atoms with Crippen molar-refractivity contribution in [2.45, 2.75) is 6.61 Å². The second-order valence-electron chi connectivity index (χ2n) is 4.05. The van der Waals surface area contributed by atoms with Gasteiger partial charge in [0.25, 0.3) is 0 Å². The van der Waals surface area contributed by atoms with Gasteiger partial charge in [0.15, 0.2) is 0 Å². The number of carbonyl (C=O) groups excluding carboxylic acids is 1. The van der Waals surface area contributed by atoms with Gasteiger partial charge in [0.05, 0.1) is 5.56 Å². The smallest absolute Gasteiger partial charge is 0.338 e. The monoisotopic (exact) mass is 373 g/mol. The summed E-state index contributed by atoms with van der Waals surface area (Å²) in [6.07, 6.45) is 0. The maximum Gasteiger partial charge on any atom is 0.338 e. The predicted octanol–water partition coefficient (Wildman–Crippen LogP) is 4.70. The normalized spacial score (nSPS) is 10.3. The molecule has 0 bridgehead atoms. The Balaban J connectivity index is 2.08. The van der Waals surface area contributed by atoms with E-state index in [4.69, 9.17) is 33.7 Å². The Hall–Kier alpha value is -1.23. The number of esters is 1. The minimum atomic E-state index is -0.472. The first-order valence-electron chi connectivity index (χ1n) is 5.63. The average Bonchev–Trinajstić information content (AvgIpc) is 2.42. The largest absolute Gasteiger partial charge is 0.457 e. The van der Waals surface area contributed by atoms with Crippen molar-refractivity contribution in [3.8, 4) is 0 Å². The van der Waals surface area contributed by atoms with Crippen LogP contribution in [-0.2, 0) is 11.3 Å². The molecule has 0 unspecified atom stereocenters. The lowest BCUT2D eigenvalue weighted by Crippen LogP contribution is -2.06. The summed E-state index contributed by atoms with van der Waals surface area (Å²) in [5.41, 5.74) is 7.22. The molecule has 0 fully saturated rings. The van der Waals surface area contributed by atoms with Gasteiger partial charge in [-0.15, -0.1) is 0 Å². The van der Waals surface area contributed by atoms with Crippen molar-refractivity contribution < 1.29 is 9.53 Å². The van der Waals surface area contributed by atoms with Gasteiger partial charge in [-0.2, -0.15) is 0 Å². The molecule has 0 amide bonds. The second kappa shape index (κ2) is 6.48. The fourth-order valence-electron chi connectivity index (χ4n) is 1.55. The van der Waals surface area contributed by atoms with Crippen LogP contribution in [0.3, 0.4) is 0 Å². The molecule has 2 rings (SSSR count). The van der Waals surface area contributed by atoms with Crippen molar-refractivity contribution >= 4 is 50.8 Å². The number of carbonyl (C=O) groups is 1. The highest BCUT2D eigenvalue weighted by molar-refractivity contribution is 9.10. The molecule has 2 aromatic carbocycles. The molecule has 0 radical (unpaired) electrons. The summed E-state index contributed by atoms with van der Waals surface area (Å²) in [6.45, 7) is 0.0498. The lowest BCUT2D eigenvalue weighted by molar-refractivity contribution is 0.0473. The highest BCUT2D eigenvalue weighted by Crippen LogP contribution is 2.23. The van der Waals surface area contributed by atoms with Gasteiger partial charge in [0.1, 0.15) is 6.61 Å². The Kier molecular flexibility index (Phi) is 4.91. The summed E-state index contributed by atoms with van der Waals surface area (Å²) < 4.78 is 5.92. The summed E-state index contributed by atoms with van der Waals surface area (Å²) in [4.78, 5) is 11.9. The summed E-state index contributed by atoms with van der Waals surface area (Å²) in [5.74, 6) is -0.472. The lowest BCUT2D eigenvalue weighted by atomic mass is 10.2. The molecule has 0 spiro atoms. The van der Waals surface area contributed by atoms with Crippen molar-refractivity contribution in [3.63, 3.8) is 0 Å². The number of ether oxygens (including phenoxy) is 1. The van der Waals surface area contributed by atoms with Crippen LogP contribution in [0.15, 0.2) is 40.9 Å². The number of benzene rings is 2. The third kappa shape index (κ3) is 3.66. The predicted molar refractivity (Wildman–Crippen MR) is 84.1 cm³/mol. The minimum absolute atomic E-state index is 0.0498. The van der Waals surface area contributed by atoms with Gasteiger partial charge in [-0.3, -0.25) is 0 Å². The Morgan fingerprint density at radius 3 is 2.65 bits per heavy atom. The van der Waals surface area contributed by atoms with Gasteiger partial charge >= 0.3 is 5.97 Å². The molecular formula is C14H10BrCl2NO2. The van der Waals surface area contributed by atoms with Crippen LogP contribution in [0.2, 0.25) is 10.0 Å². The molecule has 0 aliphatic rings. The molecule has 0 aliphatic heterocycles. The Labute approximate surface area is 134 Å². The van der Waals surface area contributed by atoms with Crippen LogP contribution in [0.5, 0.6) is 0 Å². The lowest BCUT2D eigenvalue weighted by Gasteiger charge is -2.08. The number of nitrogen functional groups attached to an aromatic ring is 1. The molecule has 0 saturated heterocycles. The van der Waals surface area contributed by atoms with E-state index in [1.807, 2.05) is 0 Å². The van der Waals surface area contributed by atoms with Gasteiger partial charge in [-0.25, -0.2) is 4.79 Å². The average molecular weight is 375 g/mol. The first kappa shape index (κ1) is 15.2. The quantitative estimate of drug-likeness (QED) is 0.626. The Morgan fingerprint density at radius 2 is 1.95 bits per heavy atom. The van der Waals surface area contributed by atoms with E-state index in [1.165, 1.54) is 0 Å². The van der Waals surface area contributed by atoms with Crippen molar-refractivity contribution in [1.82, 2.24) is 0 Å². The highest BCUT2D eigenvalue weighted by atomic mass is 79.9. The van der Waals surface area contributed by atoms with Crippen molar-refractivity contribution in [2.75, 3.05) is 5.73 Å². The molecule has 2 N–H and O–H groups in total. The van der Waals surface area contributed by atoms with Crippen LogP contribution in [0.4, 0.5) is 5.69 Å². The fourth-order valence-corrected chi connectivity index (χ4v) is 2.16. The van der Waals surface area contributed by atoms with E-state index in [9.17, 15) is 4.79 Å². The van der Waals surface area contributed by atoms with Crippen LogP contribution < -0.4 is 5.73 Å². The number of nitrogens with two attached hydrogens (primary N) is 1. The number of hydrogen-bond acceptors (Lipinski definition) is 3. The van der Waals surface area contributed by atoms with Gasteiger partial charge in [-0.05, 0) is 52.3 Å². The molecule has 0 saturated carbocycles. The Bertz CT molecular complexity index is 662. The van der Waals surface area contributed by atoms with E-state index < -0.39 is 5.97 Å². The molecule has 0 aliphatic carbocycles. The molecule has 0 heterocycles. The molecule has 3 nitrogen and oxygen atoms in total. The van der Waals surface area contributed by atoms with Crippen LogP contribution in [0, 0.1) is 0 Å². The fraction of sp³-hybridized carbons (Fsp3) is 0.0714. The third-order valence-electron chi connectivity index (χ3n) is 2.60. The van der Waals surface area contributed by atoms with Crippen molar-refractivity contribution in [1.29, 1.82) is 0 Å². The van der Waals surface area contributed by atoms with Crippen LogP contribution in [-0.4, -0.2) is 5.97 Å². The van der Waals surface area contributed by atoms with Gasteiger partial charge in [-0.1, -0.05) is 23.2 Å². The van der Waals surface area contributed by atoms with Gasteiger partial charge in [0, 0.05) is 25.8 Å². The molecule has 0 aromatic heterocycles. The highest BCUT2D eigenvalue weighted by Gasteiger charge is 2.10. The first-order chi connectivity index (χ1) is 9.47. The molecule has 6 heteroatoms. The third-order valence-corrected chi connectivity index (χ3v) is 3.92. The van der Waals surface area contributed by atoms with Crippen LogP contribution in [0.25, 0.3) is 0 Å². The van der Waals surface area contributed by atoms with E-state index in [2.05, 4.69) is 15.9 Å². The van der Waals surface area contributed by atoms with Crippen LogP contribution >= 0.6 is 39.1 Å². The zero-order valence-corrected chi connectivity index (χ0v) is 13.3. The first-order valence-corrected chi connectivity index (χ1v) is 7.18. The van der Waals surface area contributed by atoms with E-state index in [0.29, 0.717) is 26.9 Å². The molecular weight excluding hydrogens is 365 g/mol. The van der Waals surface area contributed by atoms with E-state index >= 15 is 0 Å². The number of rotatable bonds is 3. The van der Waals surface area contributed by atoms with E-state index in [-0.39, 0.29) is 6.61 Å². The standard InChI is InChI=1S/C14H10BrCl2NO2/c15-11-3-1-8(6-13(11)18)14(19)20-7-9-5-10(16)2-4-12(9)17/h1-6H,7,18H2. The summed E-state index contributed by atoms with van der Waals surface area (Å²) >= 11 is 15.1. The number of halogens is 3. The maximum atomic E-state index is 11.9. The molecule has 0 atom stereocenters. The minimum Gasteiger partial charge on any atom is -0.457 e. The van der Waals surface area contributed by atoms with Crippen molar-refractivity contribution in [2.24, 2.45) is 0 Å².